The van der Waals surface area contributed by atoms with Crippen LogP contribution in [0, 0.1) is 5.92 Å². The fourth-order valence-electron chi connectivity index (χ4n) is 3.40. The number of nitrogens with two attached hydrogens (primary N) is 1. The van der Waals surface area contributed by atoms with Gasteiger partial charge in [0.15, 0.2) is 5.13 Å². The summed E-state index contributed by atoms with van der Waals surface area (Å²) in [5, 5.41) is 1.23. The van der Waals surface area contributed by atoms with Gasteiger partial charge in [0, 0.05) is 24.0 Å². The van der Waals surface area contributed by atoms with E-state index in [0.29, 0.717) is 0 Å². The lowest BCUT2D eigenvalue weighted by Gasteiger charge is -2.31. The molecule has 3 nitrogen and oxygen atoms in total. The van der Waals surface area contributed by atoms with Gasteiger partial charge in [-0.2, -0.15) is 0 Å². The largest absolute Gasteiger partial charge is 0.348 e. The van der Waals surface area contributed by atoms with Gasteiger partial charge in [0.05, 0.1) is 5.69 Å². The number of hydrogen-bond donors (Lipinski definition) is 1. The molecule has 1 saturated heterocycles. The second-order valence-electron chi connectivity index (χ2n) is 6.02. The summed E-state index contributed by atoms with van der Waals surface area (Å²) >= 11 is 1.89. The summed E-state index contributed by atoms with van der Waals surface area (Å²) in [5.41, 5.74) is 7.37. The lowest BCUT2D eigenvalue weighted by molar-refractivity contribution is 0.378. The van der Waals surface area contributed by atoms with Crippen LogP contribution in [0.15, 0.2) is 0 Å². The van der Waals surface area contributed by atoms with Gasteiger partial charge in [-0.3, -0.25) is 0 Å². The third-order valence-electron chi connectivity index (χ3n) is 4.57. The Morgan fingerprint density at radius 2 is 2.11 bits per heavy atom. The van der Waals surface area contributed by atoms with Crippen LogP contribution in [0.4, 0.5) is 5.13 Å². The molecular weight excluding hydrogens is 254 g/mol. The molecule has 2 aliphatic rings. The molecule has 1 aliphatic heterocycles. The minimum Gasteiger partial charge on any atom is -0.348 e. The van der Waals surface area contributed by atoms with Crippen molar-refractivity contribution in [1.82, 2.24) is 4.98 Å². The quantitative estimate of drug-likeness (QED) is 0.921. The van der Waals surface area contributed by atoms with Crippen molar-refractivity contribution in [3.8, 4) is 0 Å². The van der Waals surface area contributed by atoms with Crippen LogP contribution in [-0.2, 0) is 6.42 Å². The molecule has 1 aliphatic carbocycles. The average Bonchev–Trinajstić information content (AvgIpc) is 2.85. The summed E-state index contributed by atoms with van der Waals surface area (Å²) < 4.78 is 0. The van der Waals surface area contributed by atoms with Crippen molar-refractivity contribution >= 4 is 16.5 Å². The van der Waals surface area contributed by atoms with E-state index in [-0.39, 0.29) is 6.04 Å². The molecule has 0 aromatic carbocycles. The number of piperidine rings is 1. The van der Waals surface area contributed by atoms with Crippen LogP contribution in [0.2, 0.25) is 0 Å². The van der Waals surface area contributed by atoms with Crippen LogP contribution in [0.1, 0.15) is 62.1 Å². The molecule has 1 fully saturated rings. The second-order valence-corrected chi connectivity index (χ2v) is 7.08. The maximum atomic E-state index is 6.18. The summed E-state index contributed by atoms with van der Waals surface area (Å²) in [4.78, 5) is 8.78. The van der Waals surface area contributed by atoms with Crippen LogP contribution in [0.25, 0.3) is 0 Å². The lowest BCUT2D eigenvalue weighted by atomic mass is 9.93. The molecule has 0 bridgehead atoms. The number of aryl methyl sites for hydroxylation is 1. The number of aromatic nitrogens is 1. The zero-order chi connectivity index (χ0) is 13.2. The van der Waals surface area contributed by atoms with Crippen LogP contribution in [0.3, 0.4) is 0 Å². The van der Waals surface area contributed by atoms with Gasteiger partial charge in [0.25, 0.3) is 0 Å². The van der Waals surface area contributed by atoms with Crippen molar-refractivity contribution in [2.75, 3.05) is 18.0 Å². The van der Waals surface area contributed by atoms with E-state index in [0.717, 1.165) is 12.3 Å². The van der Waals surface area contributed by atoms with E-state index in [9.17, 15) is 0 Å². The van der Waals surface area contributed by atoms with Gasteiger partial charge in [-0.15, -0.1) is 11.3 Å². The Morgan fingerprint density at radius 3 is 2.79 bits per heavy atom. The molecule has 2 heterocycles. The number of fused-ring (bicyclic) bond motifs is 1. The number of hydrogen-bond acceptors (Lipinski definition) is 4. The summed E-state index contributed by atoms with van der Waals surface area (Å²) in [6, 6.07) is 0.186. The summed E-state index contributed by atoms with van der Waals surface area (Å²) in [6.45, 7) is 4.67. The zero-order valence-corrected chi connectivity index (χ0v) is 12.7. The highest BCUT2D eigenvalue weighted by Crippen LogP contribution is 2.37. The Hall–Kier alpha value is -0.610. The third-order valence-corrected chi connectivity index (χ3v) is 5.76. The minimum atomic E-state index is 0.186. The molecule has 4 heteroatoms. The van der Waals surface area contributed by atoms with Gasteiger partial charge >= 0.3 is 0 Å². The smallest absolute Gasteiger partial charge is 0.185 e. The summed E-state index contributed by atoms with van der Waals surface area (Å²) in [5.74, 6) is 0.943. The first-order chi connectivity index (χ1) is 9.28. The normalized spacial score (nSPS) is 24.5. The monoisotopic (exact) mass is 279 g/mol. The van der Waals surface area contributed by atoms with Gasteiger partial charge in [0.1, 0.15) is 0 Å². The minimum absolute atomic E-state index is 0.186. The van der Waals surface area contributed by atoms with Gasteiger partial charge < -0.3 is 10.6 Å². The number of rotatable bonds is 3. The molecule has 2 N–H and O–H groups in total. The number of nitrogens with zero attached hydrogens (tertiary/aromatic N) is 2. The van der Waals surface area contributed by atoms with Gasteiger partial charge in [-0.05, 0) is 38.0 Å². The Balaban J connectivity index is 1.67. The molecule has 19 heavy (non-hydrogen) atoms. The lowest BCUT2D eigenvalue weighted by Crippen LogP contribution is -2.33. The molecule has 1 aromatic rings. The Kier molecular flexibility index (Phi) is 4.08. The number of anilines is 1. The highest BCUT2D eigenvalue weighted by Gasteiger charge is 2.26. The van der Waals surface area contributed by atoms with Crippen molar-refractivity contribution in [2.45, 2.75) is 57.9 Å². The van der Waals surface area contributed by atoms with Gasteiger partial charge in [-0.25, -0.2) is 4.98 Å². The Morgan fingerprint density at radius 1 is 1.32 bits per heavy atom. The molecule has 0 radical (unpaired) electrons. The standard InChI is InChI=1S/C15H25N3S/c1-2-4-11-7-9-18(10-8-11)15-17-14-12(16)5-3-6-13(14)19-15/h11-12H,2-10,16H2,1H3. The van der Waals surface area contributed by atoms with E-state index in [1.165, 1.54) is 67.3 Å². The number of thiazole rings is 1. The van der Waals surface area contributed by atoms with Crippen molar-refractivity contribution in [2.24, 2.45) is 11.7 Å². The Bertz CT molecular complexity index is 421. The van der Waals surface area contributed by atoms with Crippen molar-refractivity contribution in [1.29, 1.82) is 0 Å². The van der Waals surface area contributed by atoms with Crippen LogP contribution in [-0.4, -0.2) is 18.1 Å². The fourth-order valence-corrected chi connectivity index (χ4v) is 4.62. The molecule has 106 valence electrons. The highest BCUT2D eigenvalue weighted by molar-refractivity contribution is 7.15. The van der Waals surface area contributed by atoms with Crippen molar-refractivity contribution in [3.05, 3.63) is 10.6 Å². The van der Waals surface area contributed by atoms with E-state index in [1.54, 1.807) is 0 Å². The third kappa shape index (κ3) is 2.79. The Labute approximate surface area is 120 Å². The van der Waals surface area contributed by atoms with Crippen LogP contribution in [0.5, 0.6) is 0 Å². The predicted molar refractivity (Wildman–Crippen MR) is 81.8 cm³/mol. The molecule has 1 aromatic heterocycles. The summed E-state index contributed by atoms with van der Waals surface area (Å²) in [6.07, 6.45) is 8.92. The first-order valence-electron chi connectivity index (χ1n) is 7.78. The maximum absolute atomic E-state index is 6.18. The van der Waals surface area contributed by atoms with E-state index >= 15 is 0 Å². The first-order valence-corrected chi connectivity index (χ1v) is 8.59. The molecule has 3 rings (SSSR count). The predicted octanol–water partition coefficient (Wildman–Crippen LogP) is 3.50. The highest BCUT2D eigenvalue weighted by atomic mass is 32.1. The van der Waals surface area contributed by atoms with E-state index < -0.39 is 0 Å². The van der Waals surface area contributed by atoms with Gasteiger partial charge in [0.2, 0.25) is 0 Å². The summed E-state index contributed by atoms with van der Waals surface area (Å²) in [7, 11) is 0. The van der Waals surface area contributed by atoms with Crippen LogP contribution >= 0.6 is 11.3 Å². The zero-order valence-electron chi connectivity index (χ0n) is 11.9. The molecule has 0 saturated carbocycles. The van der Waals surface area contributed by atoms with E-state index in [1.807, 2.05) is 11.3 Å². The molecule has 1 unspecified atom stereocenters. The van der Waals surface area contributed by atoms with E-state index in [4.69, 9.17) is 10.7 Å². The maximum Gasteiger partial charge on any atom is 0.185 e. The SMILES string of the molecule is CCCC1CCN(c2nc3c(s2)CCCC3N)CC1. The first kappa shape index (κ1) is 13.4. The topological polar surface area (TPSA) is 42.2 Å². The molecule has 1 atom stereocenters. The second kappa shape index (κ2) is 5.80. The van der Waals surface area contributed by atoms with Gasteiger partial charge in [-0.1, -0.05) is 19.8 Å². The van der Waals surface area contributed by atoms with Crippen molar-refractivity contribution in [3.63, 3.8) is 0 Å². The molecule has 0 amide bonds. The van der Waals surface area contributed by atoms with Crippen LogP contribution < -0.4 is 10.6 Å². The molecule has 0 spiro atoms. The molecular formula is C15H25N3S. The average molecular weight is 279 g/mol. The fraction of sp³-hybridized carbons (Fsp3) is 0.800. The van der Waals surface area contributed by atoms with Crippen molar-refractivity contribution < 1.29 is 0 Å². The van der Waals surface area contributed by atoms with E-state index in [2.05, 4.69) is 11.8 Å².